The highest BCUT2D eigenvalue weighted by Gasteiger charge is 2.34. The summed E-state index contributed by atoms with van der Waals surface area (Å²) >= 11 is 0. The third-order valence-electron chi connectivity index (χ3n) is 4.99. The van der Waals surface area contributed by atoms with Crippen LogP contribution >= 0.6 is 0 Å². The molecule has 0 radical (unpaired) electrons. The van der Waals surface area contributed by atoms with Crippen LogP contribution in [-0.2, 0) is 4.79 Å². The molecule has 0 spiro atoms. The number of hydrogen-bond donors (Lipinski definition) is 2. The summed E-state index contributed by atoms with van der Waals surface area (Å²) in [5, 5.41) is 4.88. The largest absolute Gasteiger partial charge is 0.338 e. The fourth-order valence-electron chi connectivity index (χ4n) is 3.71. The Morgan fingerprint density at radius 1 is 1.08 bits per heavy atom. The first kappa shape index (κ1) is 17.6. The van der Waals surface area contributed by atoms with Crippen molar-refractivity contribution in [2.75, 3.05) is 11.9 Å². The summed E-state index contributed by atoms with van der Waals surface area (Å²) in [7, 11) is 0. The van der Waals surface area contributed by atoms with Crippen LogP contribution in [0.4, 0.5) is 19.3 Å². The van der Waals surface area contributed by atoms with Crippen molar-refractivity contribution in [1.82, 2.24) is 10.2 Å². The van der Waals surface area contributed by atoms with Crippen molar-refractivity contribution in [3.05, 3.63) is 29.8 Å². The van der Waals surface area contributed by atoms with E-state index in [0.29, 0.717) is 6.42 Å². The number of piperidine rings is 1. The first-order chi connectivity index (χ1) is 12.1. The molecule has 0 bridgehead atoms. The van der Waals surface area contributed by atoms with Crippen LogP contribution in [0.3, 0.4) is 0 Å². The van der Waals surface area contributed by atoms with Gasteiger partial charge >= 0.3 is 6.03 Å². The third kappa shape index (κ3) is 4.08. The minimum atomic E-state index is -1.11. The molecule has 1 aliphatic heterocycles. The zero-order valence-corrected chi connectivity index (χ0v) is 14.1. The molecule has 1 saturated carbocycles. The first-order valence-corrected chi connectivity index (χ1v) is 8.88. The second-order valence-corrected chi connectivity index (χ2v) is 6.72. The third-order valence-corrected chi connectivity index (χ3v) is 4.99. The van der Waals surface area contributed by atoms with E-state index < -0.39 is 23.7 Å². The van der Waals surface area contributed by atoms with Gasteiger partial charge in [0.15, 0.2) is 11.6 Å². The van der Waals surface area contributed by atoms with Crippen LogP contribution in [-0.4, -0.2) is 35.5 Å². The number of halogens is 2. The maximum atomic E-state index is 13.6. The fraction of sp³-hybridized carbons (Fsp3) is 0.556. The Balaban J connectivity index is 1.60. The summed E-state index contributed by atoms with van der Waals surface area (Å²) < 4.78 is 26.8. The van der Waals surface area contributed by atoms with Crippen molar-refractivity contribution in [3.63, 3.8) is 0 Å². The normalized spacial score (nSPS) is 21.9. The lowest BCUT2D eigenvalue weighted by Gasteiger charge is -2.39. The van der Waals surface area contributed by atoms with Gasteiger partial charge in [0, 0.05) is 12.6 Å². The van der Waals surface area contributed by atoms with Gasteiger partial charge in [-0.15, -0.1) is 0 Å². The predicted octanol–water partition coefficient (Wildman–Crippen LogP) is 3.41. The van der Waals surface area contributed by atoms with Crippen molar-refractivity contribution in [3.8, 4) is 0 Å². The van der Waals surface area contributed by atoms with Crippen LogP contribution in [0.5, 0.6) is 0 Å². The molecule has 1 saturated heterocycles. The molecule has 2 N–H and O–H groups in total. The molecule has 2 aliphatic rings. The molecule has 1 heterocycles. The van der Waals surface area contributed by atoms with Crippen molar-refractivity contribution in [2.45, 2.75) is 57.0 Å². The number of nitrogens with one attached hydrogen (secondary N) is 2. The predicted molar refractivity (Wildman–Crippen MR) is 90.1 cm³/mol. The number of nitrogens with zero attached hydrogens (tertiary/aromatic N) is 1. The van der Waals surface area contributed by atoms with Crippen molar-refractivity contribution in [2.24, 2.45) is 0 Å². The summed E-state index contributed by atoms with van der Waals surface area (Å²) in [5.41, 5.74) is -0.245. The topological polar surface area (TPSA) is 61.4 Å². The smallest absolute Gasteiger partial charge is 0.319 e. The van der Waals surface area contributed by atoms with E-state index >= 15 is 0 Å². The minimum absolute atomic E-state index is 0.0759. The molecule has 3 amide bonds. The quantitative estimate of drug-likeness (QED) is 0.877. The maximum Gasteiger partial charge on any atom is 0.319 e. The maximum absolute atomic E-state index is 13.6. The Morgan fingerprint density at radius 2 is 1.84 bits per heavy atom. The lowest BCUT2D eigenvalue weighted by Crippen LogP contribution is -2.56. The van der Waals surface area contributed by atoms with E-state index in [1.165, 1.54) is 18.6 Å². The van der Waals surface area contributed by atoms with E-state index in [0.717, 1.165) is 44.7 Å². The van der Waals surface area contributed by atoms with Crippen LogP contribution in [0.2, 0.25) is 0 Å². The number of carbonyl (C=O) groups is 2. The van der Waals surface area contributed by atoms with Crippen LogP contribution in [0.15, 0.2) is 18.2 Å². The number of rotatable bonds is 3. The molecule has 7 heteroatoms. The summed E-state index contributed by atoms with van der Waals surface area (Å²) in [5.74, 6) is -2.22. The van der Waals surface area contributed by atoms with E-state index in [9.17, 15) is 18.4 Å². The molecule has 1 atom stereocenters. The molecule has 1 aromatic rings. The van der Waals surface area contributed by atoms with Crippen molar-refractivity contribution < 1.29 is 18.4 Å². The Kier molecular flexibility index (Phi) is 5.50. The van der Waals surface area contributed by atoms with E-state index in [-0.39, 0.29) is 17.6 Å². The van der Waals surface area contributed by atoms with Gasteiger partial charge in [0.05, 0.1) is 5.69 Å². The molecule has 136 valence electrons. The van der Waals surface area contributed by atoms with Crippen molar-refractivity contribution >= 4 is 17.6 Å². The lowest BCUT2D eigenvalue weighted by molar-refractivity contribution is -0.138. The fourth-order valence-corrected chi connectivity index (χ4v) is 3.71. The zero-order chi connectivity index (χ0) is 17.8. The molecular weight excluding hydrogens is 328 g/mol. The average Bonchev–Trinajstić information content (AvgIpc) is 2.61. The number of hydrogen-bond acceptors (Lipinski definition) is 2. The molecule has 3 rings (SSSR count). The van der Waals surface area contributed by atoms with Crippen LogP contribution < -0.4 is 10.6 Å². The molecule has 1 unspecified atom stereocenters. The van der Waals surface area contributed by atoms with E-state index in [1.54, 1.807) is 0 Å². The Hall–Kier alpha value is -2.18. The van der Waals surface area contributed by atoms with E-state index in [2.05, 4.69) is 10.6 Å². The molecule has 5 nitrogen and oxygen atoms in total. The minimum Gasteiger partial charge on any atom is -0.338 e. The first-order valence-electron chi connectivity index (χ1n) is 8.88. The van der Waals surface area contributed by atoms with Gasteiger partial charge in [0.2, 0.25) is 5.91 Å². The number of anilines is 1. The van der Waals surface area contributed by atoms with Gasteiger partial charge in [-0.25, -0.2) is 13.6 Å². The Bertz CT molecular complexity index is 647. The van der Waals surface area contributed by atoms with Gasteiger partial charge in [-0.3, -0.25) is 4.79 Å². The SMILES string of the molecule is O=C(Nc1cccc(F)c1F)NC1CCCN(C2CCCCC2)C1=O. The van der Waals surface area contributed by atoms with Gasteiger partial charge in [0.25, 0.3) is 0 Å². The Morgan fingerprint density at radius 3 is 2.60 bits per heavy atom. The highest BCUT2D eigenvalue weighted by molar-refractivity contribution is 5.94. The number of amides is 3. The number of urea groups is 1. The number of benzene rings is 1. The zero-order valence-electron chi connectivity index (χ0n) is 14.1. The van der Waals surface area contributed by atoms with Gasteiger partial charge in [-0.05, 0) is 37.8 Å². The second-order valence-electron chi connectivity index (χ2n) is 6.72. The number of likely N-dealkylation sites (tertiary alicyclic amines) is 1. The Labute approximate surface area is 145 Å². The number of carbonyl (C=O) groups excluding carboxylic acids is 2. The summed E-state index contributed by atoms with van der Waals surface area (Å²) in [6.45, 7) is 0.724. The lowest BCUT2D eigenvalue weighted by atomic mass is 9.91. The average molecular weight is 351 g/mol. The molecule has 0 aromatic heterocycles. The molecule has 2 fully saturated rings. The van der Waals surface area contributed by atoms with Crippen LogP contribution in [0, 0.1) is 11.6 Å². The van der Waals surface area contributed by atoms with E-state index in [4.69, 9.17) is 0 Å². The van der Waals surface area contributed by atoms with Gasteiger partial charge in [-0.2, -0.15) is 0 Å². The van der Waals surface area contributed by atoms with Gasteiger partial charge < -0.3 is 15.5 Å². The van der Waals surface area contributed by atoms with Gasteiger partial charge in [-0.1, -0.05) is 25.3 Å². The molecule has 1 aromatic carbocycles. The molecular formula is C18H23F2N3O2. The van der Waals surface area contributed by atoms with Crippen LogP contribution in [0.1, 0.15) is 44.9 Å². The van der Waals surface area contributed by atoms with Crippen molar-refractivity contribution in [1.29, 1.82) is 0 Å². The summed E-state index contributed by atoms with van der Waals surface area (Å²) in [4.78, 5) is 26.7. The molecule has 1 aliphatic carbocycles. The standard InChI is InChI=1S/C18H23F2N3O2/c19-13-8-4-9-14(16(13)20)21-18(25)22-15-10-5-11-23(17(15)24)12-6-2-1-3-7-12/h4,8-9,12,15H,1-3,5-7,10-11H2,(H2,21,22,25). The molecule has 25 heavy (non-hydrogen) atoms. The van der Waals surface area contributed by atoms with E-state index in [1.807, 2.05) is 4.90 Å². The van der Waals surface area contributed by atoms with Gasteiger partial charge in [0.1, 0.15) is 6.04 Å². The van der Waals surface area contributed by atoms with Crippen LogP contribution in [0.25, 0.3) is 0 Å². The highest BCUT2D eigenvalue weighted by atomic mass is 19.2. The summed E-state index contributed by atoms with van der Waals surface area (Å²) in [6.07, 6.45) is 6.88. The monoisotopic (exact) mass is 351 g/mol. The summed E-state index contributed by atoms with van der Waals surface area (Å²) in [6, 6.07) is 2.50. The highest BCUT2D eigenvalue weighted by Crippen LogP contribution is 2.26. The second kappa shape index (κ2) is 7.80.